The number of carbonyl (C=O) groups excluding carboxylic acids is 1. The molecule has 2 unspecified atom stereocenters. The molecule has 1 fully saturated rings. The lowest BCUT2D eigenvalue weighted by Gasteiger charge is -2.34. The van der Waals surface area contributed by atoms with Gasteiger partial charge in [0.25, 0.3) is 5.56 Å². The van der Waals surface area contributed by atoms with Crippen LogP contribution < -0.4 is 5.56 Å². The maximum atomic E-state index is 13.3. The van der Waals surface area contributed by atoms with Gasteiger partial charge in [-0.2, -0.15) is 0 Å². The van der Waals surface area contributed by atoms with E-state index >= 15 is 0 Å². The number of aromatic nitrogens is 2. The van der Waals surface area contributed by atoms with Crippen molar-refractivity contribution in [3.63, 3.8) is 0 Å². The molecule has 2 heterocycles. The smallest absolute Gasteiger partial charge is 0.257 e. The zero-order valence-corrected chi connectivity index (χ0v) is 20.1. The van der Waals surface area contributed by atoms with Crippen molar-refractivity contribution in [3.05, 3.63) is 85.1 Å². The van der Waals surface area contributed by atoms with Gasteiger partial charge in [0.15, 0.2) is 11.0 Å². The fourth-order valence-corrected chi connectivity index (χ4v) is 6.01. The monoisotopic (exact) mass is 527 g/mol. The number of fused-ring (bicyclic) bond motifs is 2. The third kappa shape index (κ3) is 4.09. The number of thioether (sulfide) groups is 1. The summed E-state index contributed by atoms with van der Waals surface area (Å²) in [5, 5.41) is 1.17. The number of halogens is 2. The van der Waals surface area contributed by atoms with E-state index in [9.17, 15) is 9.59 Å². The molecule has 1 aromatic heterocycles. The Morgan fingerprint density at radius 2 is 1.94 bits per heavy atom. The Kier molecular flexibility index (Phi) is 6.05. The second-order valence-corrected chi connectivity index (χ2v) is 10.2. The number of H-pyrrole nitrogens is 1. The van der Waals surface area contributed by atoms with E-state index in [1.807, 2.05) is 48.5 Å². The van der Waals surface area contributed by atoms with E-state index < -0.39 is 5.92 Å². The zero-order valence-electron chi connectivity index (χ0n) is 17.0. The van der Waals surface area contributed by atoms with Crippen molar-refractivity contribution < 1.29 is 4.79 Å². The minimum atomic E-state index is -0.407. The van der Waals surface area contributed by atoms with Crippen molar-refractivity contribution in [2.24, 2.45) is 10.9 Å². The van der Waals surface area contributed by atoms with Crippen LogP contribution in [0.4, 0.5) is 5.82 Å². The highest BCUT2D eigenvalue weighted by Crippen LogP contribution is 2.44. The van der Waals surface area contributed by atoms with Crippen LogP contribution in [-0.2, 0) is 10.5 Å². The fourth-order valence-electron chi connectivity index (χ4n) is 4.45. The first-order valence-electron chi connectivity index (χ1n) is 10.4. The first-order chi connectivity index (χ1) is 15.5. The molecule has 1 N–H and O–H groups in total. The second-order valence-electron chi connectivity index (χ2n) is 7.92. The van der Waals surface area contributed by atoms with Gasteiger partial charge in [-0.3, -0.25) is 9.59 Å². The van der Waals surface area contributed by atoms with Gasteiger partial charge in [-0.15, -0.1) is 0 Å². The molecule has 0 saturated heterocycles. The molecule has 1 aliphatic heterocycles. The maximum absolute atomic E-state index is 13.3. The van der Waals surface area contributed by atoms with Gasteiger partial charge < -0.3 is 4.98 Å². The van der Waals surface area contributed by atoms with Crippen LogP contribution in [0.1, 0.15) is 41.9 Å². The summed E-state index contributed by atoms with van der Waals surface area (Å²) in [4.78, 5) is 38.5. The van der Waals surface area contributed by atoms with Crippen LogP contribution in [-0.4, -0.2) is 21.5 Å². The Morgan fingerprint density at radius 1 is 1.09 bits per heavy atom. The molecule has 0 radical (unpaired) electrons. The number of aromatic amines is 1. The van der Waals surface area contributed by atoms with Gasteiger partial charge >= 0.3 is 0 Å². The summed E-state index contributed by atoms with van der Waals surface area (Å²) in [5.41, 5.74) is 2.93. The van der Waals surface area contributed by atoms with E-state index in [2.05, 4.69) is 25.9 Å². The summed E-state index contributed by atoms with van der Waals surface area (Å²) in [7, 11) is 0. The van der Waals surface area contributed by atoms with Crippen molar-refractivity contribution in [1.82, 2.24) is 9.97 Å². The summed E-state index contributed by atoms with van der Waals surface area (Å²) >= 11 is 11.2. The SMILES string of the molecule is O=C1CCCC2=Nc3nc(SCc4ccccc4Cl)[nH]c(=O)c3C(c3cccc(Br)c3)C12. The van der Waals surface area contributed by atoms with Crippen LogP contribution in [0.2, 0.25) is 5.02 Å². The molecule has 2 aliphatic rings. The molecule has 32 heavy (non-hydrogen) atoms. The largest absolute Gasteiger partial charge is 0.301 e. The number of rotatable bonds is 4. The molecular weight excluding hydrogens is 510 g/mol. The van der Waals surface area contributed by atoms with Crippen molar-refractivity contribution in [2.45, 2.75) is 36.1 Å². The Labute approximate surface area is 202 Å². The van der Waals surface area contributed by atoms with Gasteiger partial charge in [-0.05, 0) is 42.2 Å². The first-order valence-corrected chi connectivity index (χ1v) is 12.5. The predicted molar refractivity (Wildman–Crippen MR) is 131 cm³/mol. The van der Waals surface area contributed by atoms with E-state index in [1.54, 1.807) is 0 Å². The van der Waals surface area contributed by atoms with E-state index in [4.69, 9.17) is 16.6 Å². The Balaban J connectivity index is 1.58. The van der Waals surface area contributed by atoms with Gasteiger partial charge in [0.1, 0.15) is 5.78 Å². The number of carbonyl (C=O) groups is 1. The molecule has 1 aliphatic carbocycles. The molecular formula is C24H19BrClN3O2S. The summed E-state index contributed by atoms with van der Waals surface area (Å²) < 4.78 is 0.903. The summed E-state index contributed by atoms with van der Waals surface area (Å²) in [6.07, 6.45) is 2.05. The van der Waals surface area contributed by atoms with Crippen molar-refractivity contribution in [1.29, 1.82) is 0 Å². The molecule has 5 nitrogen and oxygen atoms in total. The van der Waals surface area contributed by atoms with Gasteiger partial charge in [-0.25, -0.2) is 9.98 Å². The number of ketones is 1. The predicted octanol–water partition coefficient (Wildman–Crippen LogP) is 6.07. The molecule has 162 valence electrons. The van der Waals surface area contributed by atoms with E-state index in [-0.39, 0.29) is 17.3 Å². The number of hydrogen-bond acceptors (Lipinski definition) is 5. The zero-order chi connectivity index (χ0) is 22.2. The van der Waals surface area contributed by atoms with Crippen LogP contribution in [0.25, 0.3) is 0 Å². The normalized spacial score (nSPS) is 19.8. The quantitative estimate of drug-likeness (QED) is 0.330. The average Bonchev–Trinajstić information content (AvgIpc) is 2.77. The van der Waals surface area contributed by atoms with Crippen LogP contribution in [0.5, 0.6) is 0 Å². The first kappa shape index (κ1) is 21.6. The van der Waals surface area contributed by atoms with Gasteiger partial charge in [0, 0.05) is 33.3 Å². The average molecular weight is 529 g/mol. The minimum absolute atomic E-state index is 0.141. The lowest BCUT2D eigenvalue weighted by molar-refractivity contribution is -0.121. The highest BCUT2D eigenvalue weighted by atomic mass is 79.9. The third-order valence-electron chi connectivity index (χ3n) is 5.90. The molecule has 3 aromatic rings. The molecule has 5 rings (SSSR count). The van der Waals surface area contributed by atoms with Crippen molar-refractivity contribution in [3.8, 4) is 0 Å². The Hall–Kier alpha value is -2.22. The summed E-state index contributed by atoms with van der Waals surface area (Å²) in [5.74, 6) is 0.342. The number of benzene rings is 2. The Morgan fingerprint density at radius 3 is 2.75 bits per heavy atom. The molecule has 0 spiro atoms. The Bertz CT molecular complexity index is 1310. The molecule has 2 atom stereocenters. The molecule has 1 saturated carbocycles. The fraction of sp³-hybridized carbons (Fsp3) is 0.250. The number of nitrogens with zero attached hydrogens (tertiary/aromatic N) is 2. The van der Waals surface area contributed by atoms with Gasteiger partial charge in [-0.1, -0.05) is 69.6 Å². The van der Waals surface area contributed by atoms with Crippen LogP contribution in [0.15, 0.2) is 67.9 Å². The lowest BCUT2D eigenvalue weighted by atomic mass is 9.70. The molecule has 0 bridgehead atoms. The van der Waals surface area contributed by atoms with E-state index in [0.29, 0.717) is 33.7 Å². The van der Waals surface area contributed by atoms with E-state index in [1.165, 1.54) is 11.8 Å². The topological polar surface area (TPSA) is 75.2 Å². The molecule has 8 heteroatoms. The number of aliphatic imine (C=N–C) groups is 1. The van der Waals surface area contributed by atoms with Crippen LogP contribution in [0.3, 0.4) is 0 Å². The summed E-state index contributed by atoms with van der Waals surface area (Å²) in [6, 6.07) is 15.4. The second kappa shape index (κ2) is 8.96. The van der Waals surface area contributed by atoms with Crippen LogP contribution in [0, 0.1) is 5.92 Å². The van der Waals surface area contributed by atoms with Crippen LogP contribution >= 0.6 is 39.3 Å². The third-order valence-corrected chi connectivity index (χ3v) is 7.68. The minimum Gasteiger partial charge on any atom is -0.301 e. The lowest BCUT2D eigenvalue weighted by Crippen LogP contribution is -2.39. The highest BCUT2D eigenvalue weighted by molar-refractivity contribution is 9.10. The summed E-state index contributed by atoms with van der Waals surface area (Å²) in [6.45, 7) is 0. The molecule has 0 amide bonds. The maximum Gasteiger partial charge on any atom is 0.257 e. The van der Waals surface area contributed by atoms with Gasteiger partial charge in [0.05, 0.1) is 11.5 Å². The van der Waals surface area contributed by atoms with Crippen molar-refractivity contribution in [2.75, 3.05) is 0 Å². The molecule has 2 aromatic carbocycles. The van der Waals surface area contributed by atoms with Crippen molar-refractivity contribution >= 4 is 56.6 Å². The van der Waals surface area contributed by atoms with E-state index in [0.717, 1.165) is 34.2 Å². The number of Topliss-reactive ketones (excluding diaryl/α,β-unsaturated/α-hetero) is 1. The van der Waals surface area contributed by atoms with Gasteiger partial charge in [0.2, 0.25) is 0 Å². The highest BCUT2D eigenvalue weighted by Gasteiger charge is 2.42. The number of hydrogen-bond donors (Lipinski definition) is 1. The number of nitrogens with one attached hydrogen (secondary N) is 1. The standard InChI is InChI=1S/C24H19BrClN3O2S/c25-15-7-3-6-13(11-15)19-20-17(9-4-10-18(20)30)27-22-21(19)23(31)29-24(28-22)32-12-14-5-1-2-8-16(14)26/h1-3,5-8,11,19-20H,4,9-10,12H2,(H,28,29,31).